The van der Waals surface area contributed by atoms with Crippen LogP contribution >= 0.6 is 24.0 Å². The van der Waals surface area contributed by atoms with E-state index >= 15 is 0 Å². The van der Waals surface area contributed by atoms with Crippen molar-refractivity contribution < 1.29 is 13.9 Å². The molecule has 0 atom stereocenters. The highest BCUT2D eigenvalue weighted by Gasteiger charge is 2.27. The van der Waals surface area contributed by atoms with Crippen molar-refractivity contribution in [1.82, 2.24) is 20.0 Å². The summed E-state index contributed by atoms with van der Waals surface area (Å²) in [6.45, 7) is 2.10. The van der Waals surface area contributed by atoms with Gasteiger partial charge < -0.3 is 20.7 Å². The van der Waals surface area contributed by atoms with Crippen LogP contribution in [0.2, 0.25) is 0 Å². The van der Waals surface area contributed by atoms with E-state index in [1.807, 2.05) is 0 Å². The monoisotopic (exact) mass is 569 g/mol. The summed E-state index contributed by atoms with van der Waals surface area (Å²) in [6, 6.07) is 7.91. The number of rotatable bonds is 6. The maximum atomic E-state index is 13.2. The van der Waals surface area contributed by atoms with Crippen molar-refractivity contribution in [3.8, 4) is 11.8 Å². The molecule has 2 heterocycles. The third-order valence-corrected chi connectivity index (χ3v) is 5.59. The standard InChI is InChI=1S/C22H28FN7O2.HI/c1-26-22(29-12-9-15(10-13-29)21(31)32-2)27-11-3-4-19-18(14-24)20(25)30(28-19)17-7-5-16(23)6-8-17;/h5-8,15H,3-4,9-13,25H2,1-2H3,(H,26,27);1H. The molecule has 1 aromatic carbocycles. The molecule has 1 saturated heterocycles. The Bertz CT molecular complexity index is 1010. The first kappa shape index (κ1) is 26.4. The zero-order valence-corrected chi connectivity index (χ0v) is 21.1. The minimum absolute atomic E-state index is 0. The predicted octanol–water partition coefficient (Wildman–Crippen LogP) is 2.48. The molecule has 9 nitrogen and oxygen atoms in total. The molecule has 11 heteroatoms. The molecule has 3 rings (SSSR count). The number of ether oxygens (including phenoxy) is 1. The lowest BCUT2D eigenvalue weighted by Crippen LogP contribution is -2.46. The molecule has 1 aliphatic rings. The molecule has 0 radical (unpaired) electrons. The smallest absolute Gasteiger partial charge is 0.308 e. The molecule has 0 unspecified atom stereocenters. The third kappa shape index (κ3) is 6.34. The molecule has 3 N–H and O–H groups in total. The second-order valence-electron chi connectivity index (χ2n) is 7.57. The van der Waals surface area contributed by atoms with Crippen molar-refractivity contribution in [2.75, 3.05) is 39.5 Å². The number of carbonyl (C=O) groups excluding carboxylic acids is 1. The molecule has 0 amide bonds. The molecule has 1 aromatic heterocycles. The lowest BCUT2D eigenvalue weighted by Gasteiger charge is -2.33. The zero-order valence-electron chi connectivity index (χ0n) is 18.8. The van der Waals surface area contributed by atoms with E-state index in [4.69, 9.17) is 10.5 Å². The van der Waals surface area contributed by atoms with Crippen molar-refractivity contribution >= 4 is 41.7 Å². The highest BCUT2D eigenvalue weighted by molar-refractivity contribution is 14.0. The number of halogens is 2. The van der Waals surface area contributed by atoms with E-state index < -0.39 is 0 Å². The third-order valence-electron chi connectivity index (χ3n) is 5.59. The van der Waals surface area contributed by atoms with Crippen molar-refractivity contribution in [3.63, 3.8) is 0 Å². The average Bonchev–Trinajstić information content (AvgIpc) is 3.14. The minimum Gasteiger partial charge on any atom is -0.469 e. The van der Waals surface area contributed by atoms with Gasteiger partial charge in [0.15, 0.2) is 5.96 Å². The van der Waals surface area contributed by atoms with Crippen LogP contribution in [-0.4, -0.2) is 60.4 Å². The summed E-state index contributed by atoms with van der Waals surface area (Å²) in [4.78, 5) is 18.2. The first-order valence-electron chi connectivity index (χ1n) is 10.5. The number of hydrogen-bond donors (Lipinski definition) is 2. The lowest BCUT2D eigenvalue weighted by atomic mass is 9.97. The second kappa shape index (κ2) is 12.4. The van der Waals surface area contributed by atoms with E-state index in [2.05, 4.69) is 26.4 Å². The molecular weight excluding hydrogens is 540 g/mol. The number of nitriles is 1. The van der Waals surface area contributed by atoms with Crippen molar-refractivity contribution in [1.29, 1.82) is 5.26 Å². The summed E-state index contributed by atoms with van der Waals surface area (Å²) < 4.78 is 19.5. The van der Waals surface area contributed by atoms with Gasteiger partial charge in [-0.2, -0.15) is 10.4 Å². The van der Waals surface area contributed by atoms with Gasteiger partial charge in [-0.3, -0.25) is 9.79 Å². The highest BCUT2D eigenvalue weighted by Crippen LogP contribution is 2.22. The molecule has 0 bridgehead atoms. The van der Waals surface area contributed by atoms with Gasteiger partial charge in [-0.25, -0.2) is 9.07 Å². The molecule has 178 valence electrons. The molecule has 2 aromatic rings. The number of carbonyl (C=O) groups is 1. The number of nitrogen functional groups attached to an aromatic ring is 1. The fourth-order valence-electron chi connectivity index (χ4n) is 3.84. The molecular formula is C22H29FIN7O2. The fourth-order valence-corrected chi connectivity index (χ4v) is 3.84. The van der Waals surface area contributed by atoms with Gasteiger partial charge in [0.25, 0.3) is 0 Å². The van der Waals surface area contributed by atoms with Gasteiger partial charge in [0.1, 0.15) is 23.3 Å². The first-order chi connectivity index (χ1) is 15.5. The quantitative estimate of drug-likeness (QED) is 0.180. The van der Waals surface area contributed by atoms with Crippen LogP contribution in [0.4, 0.5) is 10.2 Å². The Morgan fingerprint density at radius 2 is 2.03 bits per heavy atom. The number of aliphatic imine (C=N–C) groups is 1. The Morgan fingerprint density at radius 3 is 2.61 bits per heavy atom. The van der Waals surface area contributed by atoms with Gasteiger partial charge in [0.05, 0.1) is 24.4 Å². The second-order valence-corrected chi connectivity index (χ2v) is 7.57. The maximum absolute atomic E-state index is 13.2. The van der Waals surface area contributed by atoms with E-state index in [0.717, 1.165) is 31.9 Å². The van der Waals surface area contributed by atoms with Gasteiger partial charge in [-0.15, -0.1) is 24.0 Å². The normalized spacial score (nSPS) is 14.4. The van der Waals surface area contributed by atoms with E-state index in [-0.39, 0.29) is 47.5 Å². The molecule has 1 aliphatic heterocycles. The summed E-state index contributed by atoms with van der Waals surface area (Å²) in [7, 11) is 3.15. The molecule has 0 spiro atoms. The number of aryl methyl sites for hydroxylation is 1. The number of benzene rings is 1. The van der Waals surface area contributed by atoms with Gasteiger partial charge in [-0.05, 0) is 49.9 Å². The number of aromatic nitrogens is 2. The number of methoxy groups -OCH3 is 1. The highest BCUT2D eigenvalue weighted by atomic mass is 127. The molecule has 0 aliphatic carbocycles. The van der Waals surface area contributed by atoms with E-state index in [9.17, 15) is 14.4 Å². The number of piperidine rings is 1. The Labute approximate surface area is 209 Å². The predicted molar refractivity (Wildman–Crippen MR) is 134 cm³/mol. The maximum Gasteiger partial charge on any atom is 0.308 e. The van der Waals surface area contributed by atoms with Crippen molar-refractivity contribution in [3.05, 3.63) is 41.3 Å². The Morgan fingerprint density at radius 1 is 1.36 bits per heavy atom. The van der Waals surface area contributed by atoms with Gasteiger partial charge in [0, 0.05) is 26.7 Å². The van der Waals surface area contributed by atoms with E-state index in [1.54, 1.807) is 19.2 Å². The number of likely N-dealkylation sites (tertiary alicyclic amines) is 1. The van der Waals surface area contributed by atoms with Crippen molar-refractivity contribution in [2.45, 2.75) is 25.7 Å². The van der Waals surface area contributed by atoms with Crippen LogP contribution in [0.25, 0.3) is 5.69 Å². The Balaban J connectivity index is 0.00000385. The van der Waals surface area contributed by atoms with Crippen LogP contribution in [0.15, 0.2) is 29.3 Å². The number of esters is 1. The minimum atomic E-state index is -0.353. The van der Waals surface area contributed by atoms with Crippen LogP contribution in [0, 0.1) is 23.1 Å². The summed E-state index contributed by atoms with van der Waals surface area (Å²) in [6.07, 6.45) is 2.74. The van der Waals surface area contributed by atoms with Gasteiger partial charge in [0.2, 0.25) is 0 Å². The number of guanidine groups is 1. The zero-order chi connectivity index (χ0) is 23.1. The summed E-state index contributed by atoms with van der Waals surface area (Å²) in [5, 5.41) is 17.3. The molecule has 1 fully saturated rings. The lowest BCUT2D eigenvalue weighted by molar-refractivity contribution is -0.146. The topological polar surface area (TPSA) is 122 Å². The number of anilines is 1. The first-order valence-corrected chi connectivity index (χ1v) is 10.5. The molecule has 33 heavy (non-hydrogen) atoms. The van der Waals surface area contributed by atoms with Crippen molar-refractivity contribution in [2.24, 2.45) is 10.9 Å². The summed E-state index contributed by atoms with van der Waals surface area (Å²) in [5.41, 5.74) is 7.64. The number of nitrogens with two attached hydrogens (primary N) is 1. The van der Waals surface area contributed by atoms with Gasteiger partial charge >= 0.3 is 5.97 Å². The largest absolute Gasteiger partial charge is 0.469 e. The van der Waals surface area contributed by atoms with Crippen LogP contribution in [0.1, 0.15) is 30.5 Å². The van der Waals surface area contributed by atoms with Crippen LogP contribution in [0.3, 0.4) is 0 Å². The Hall–Kier alpha value is -2.88. The average molecular weight is 569 g/mol. The van der Waals surface area contributed by atoms with E-state index in [1.165, 1.54) is 23.9 Å². The van der Waals surface area contributed by atoms with Crippen LogP contribution < -0.4 is 11.1 Å². The number of nitrogens with zero attached hydrogens (tertiary/aromatic N) is 5. The number of hydrogen-bond acceptors (Lipinski definition) is 6. The number of nitrogens with one attached hydrogen (secondary N) is 1. The summed E-state index contributed by atoms with van der Waals surface area (Å²) in [5.74, 6) is 0.464. The molecule has 0 saturated carbocycles. The Kier molecular flexibility index (Phi) is 9.90. The fraction of sp³-hybridized carbons (Fsp3) is 0.455. The SMILES string of the molecule is CN=C(NCCCc1nn(-c2ccc(F)cc2)c(N)c1C#N)N1CCC(C(=O)OC)CC1.I. The van der Waals surface area contributed by atoms with Crippen LogP contribution in [0.5, 0.6) is 0 Å². The summed E-state index contributed by atoms with van der Waals surface area (Å²) >= 11 is 0. The van der Waals surface area contributed by atoms with Gasteiger partial charge in [-0.1, -0.05) is 0 Å². The van der Waals surface area contributed by atoms with E-state index in [0.29, 0.717) is 36.3 Å². The van der Waals surface area contributed by atoms with Crippen LogP contribution in [-0.2, 0) is 16.0 Å².